The summed E-state index contributed by atoms with van der Waals surface area (Å²) in [6, 6.07) is 10.6. The summed E-state index contributed by atoms with van der Waals surface area (Å²) in [6.07, 6.45) is 1.60. The second kappa shape index (κ2) is 8.93. The third kappa shape index (κ3) is 5.36. The number of nitrogens with one attached hydrogen (secondary N) is 2. The van der Waals surface area contributed by atoms with Crippen molar-refractivity contribution >= 4 is 39.7 Å². The Morgan fingerprint density at radius 1 is 1.17 bits per heavy atom. The van der Waals surface area contributed by atoms with Crippen molar-refractivity contribution in [2.75, 3.05) is 17.2 Å². The number of aryl methyl sites for hydroxylation is 1. The molecule has 3 aromatic rings. The average molecular weight is 412 g/mol. The van der Waals surface area contributed by atoms with Crippen LogP contribution in [0.3, 0.4) is 0 Å². The summed E-state index contributed by atoms with van der Waals surface area (Å²) >= 11 is 1.32. The monoisotopic (exact) mass is 412 g/mol. The molecular weight excluding hydrogens is 396 g/mol. The molecule has 0 aliphatic rings. The third-order valence-corrected chi connectivity index (χ3v) is 4.51. The topological polar surface area (TPSA) is 123 Å². The van der Waals surface area contributed by atoms with Crippen LogP contribution in [0.1, 0.15) is 15.9 Å². The fourth-order valence-electron chi connectivity index (χ4n) is 2.43. The SMILES string of the molecule is Cc1cc(OCC(=O)Nc2ccc(C(=O)Nc3nccs3)cc2)ccc1[N+](=O)[O-]. The van der Waals surface area contributed by atoms with Crippen LogP contribution in [0.2, 0.25) is 0 Å². The predicted octanol–water partition coefficient (Wildman–Crippen LogP) is 3.63. The number of benzene rings is 2. The lowest BCUT2D eigenvalue weighted by Crippen LogP contribution is -2.20. The molecule has 2 aromatic carbocycles. The van der Waals surface area contributed by atoms with Gasteiger partial charge in [0.25, 0.3) is 17.5 Å². The van der Waals surface area contributed by atoms with E-state index in [0.717, 1.165) is 0 Å². The number of rotatable bonds is 7. The maximum absolute atomic E-state index is 12.1. The molecule has 1 heterocycles. The highest BCUT2D eigenvalue weighted by atomic mass is 32.1. The van der Waals surface area contributed by atoms with Gasteiger partial charge in [-0.25, -0.2) is 4.98 Å². The number of anilines is 2. The largest absolute Gasteiger partial charge is 0.484 e. The molecule has 0 spiro atoms. The zero-order valence-corrected chi connectivity index (χ0v) is 16.1. The summed E-state index contributed by atoms with van der Waals surface area (Å²) < 4.78 is 5.37. The summed E-state index contributed by atoms with van der Waals surface area (Å²) in [6.45, 7) is 1.33. The minimum atomic E-state index is -0.479. The molecule has 148 valence electrons. The zero-order valence-electron chi connectivity index (χ0n) is 15.2. The fourth-order valence-corrected chi connectivity index (χ4v) is 2.95. The van der Waals surface area contributed by atoms with Gasteiger partial charge in [0.1, 0.15) is 5.75 Å². The highest BCUT2D eigenvalue weighted by molar-refractivity contribution is 7.13. The van der Waals surface area contributed by atoms with Gasteiger partial charge in [-0.3, -0.25) is 25.0 Å². The molecule has 0 aliphatic heterocycles. The van der Waals surface area contributed by atoms with Gasteiger partial charge in [-0.2, -0.15) is 0 Å². The molecule has 0 saturated carbocycles. The van der Waals surface area contributed by atoms with Gasteiger partial charge >= 0.3 is 0 Å². The number of aromatic nitrogens is 1. The fraction of sp³-hybridized carbons (Fsp3) is 0.105. The van der Waals surface area contributed by atoms with E-state index in [0.29, 0.717) is 27.7 Å². The molecule has 2 N–H and O–H groups in total. The van der Waals surface area contributed by atoms with E-state index >= 15 is 0 Å². The molecule has 0 bridgehead atoms. The molecular formula is C19H16N4O5S. The standard InChI is InChI=1S/C19H16N4O5S/c1-12-10-15(6-7-16(12)23(26)27)28-11-17(24)21-14-4-2-13(3-5-14)18(25)22-19-20-8-9-29-19/h2-10H,11H2,1H3,(H,21,24)(H,20,22,25). The first kappa shape index (κ1) is 20.0. The number of thiazole rings is 1. The van der Waals surface area contributed by atoms with Crippen molar-refractivity contribution < 1.29 is 19.2 Å². The van der Waals surface area contributed by atoms with Crippen molar-refractivity contribution in [2.24, 2.45) is 0 Å². The van der Waals surface area contributed by atoms with Crippen LogP contribution in [0.5, 0.6) is 5.75 Å². The number of nitro benzene ring substituents is 1. The van der Waals surface area contributed by atoms with Gasteiger partial charge in [-0.1, -0.05) is 0 Å². The highest BCUT2D eigenvalue weighted by Crippen LogP contribution is 2.23. The summed E-state index contributed by atoms with van der Waals surface area (Å²) in [5.74, 6) is -0.340. The van der Waals surface area contributed by atoms with Crippen LogP contribution in [-0.2, 0) is 4.79 Å². The molecule has 2 amide bonds. The Morgan fingerprint density at radius 2 is 1.93 bits per heavy atom. The highest BCUT2D eigenvalue weighted by Gasteiger charge is 2.12. The molecule has 0 saturated heterocycles. The Kier molecular flexibility index (Phi) is 6.15. The van der Waals surface area contributed by atoms with E-state index < -0.39 is 10.8 Å². The van der Waals surface area contributed by atoms with Crippen molar-refractivity contribution in [1.82, 2.24) is 4.98 Å². The van der Waals surface area contributed by atoms with Gasteiger partial charge in [-0.15, -0.1) is 11.3 Å². The Bertz CT molecular complexity index is 1040. The minimum absolute atomic E-state index is 0.0132. The van der Waals surface area contributed by atoms with Crippen molar-refractivity contribution in [3.05, 3.63) is 75.3 Å². The number of hydrogen-bond acceptors (Lipinski definition) is 7. The lowest BCUT2D eigenvalue weighted by molar-refractivity contribution is -0.385. The Morgan fingerprint density at radius 3 is 2.55 bits per heavy atom. The van der Waals surface area contributed by atoms with Crippen LogP contribution in [0.4, 0.5) is 16.5 Å². The van der Waals surface area contributed by atoms with E-state index in [1.807, 2.05) is 0 Å². The lowest BCUT2D eigenvalue weighted by atomic mass is 10.2. The van der Waals surface area contributed by atoms with Gasteiger partial charge in [0.05, 0.1) is 4.92 Å². The summed E-state index contributed by atoms with van der Waals surface area (Å²) in [5.41, 5.74) is 1.36. The van der Waals surface area contributed by atoms with E-state index in [-0.39, 0.29) is 18.2 Å². The van der Waals surface area contributed by atoms with Gasteiger partial charge < -0.3 is 10.1 Å². The third-order valence-electron chi connectivity index (χ3n) is 3.82. The summed E-state index contributed by atoms with van der Waals surface area (Å²) in [4.78, 5) is 38.5. The van der Waals surface area contributed by atoms with Crippen molar-refractivity contribution in [3.8, 4) is 5.75 Å². The first-order chi connectivity index (χ1) is 13.9. The first-order valence-electron chi connectivity index (χ1n) is 8.41. The van der Waals surface area contributed by atoms with Gasteiger partial charge in [0, 0.05) is 34.5 Å². The molecule has 9 nitrogen and oxygen atoms in total. The van der Waals surface area contributed by atoms with Gasteiger partial charge in [0.2, 0.25) is 0 Å². The average Bonchev–Trinajstić information content (AvgIpc) is 3.19. The van der Waals surface area contributed by atoms with Crippen molar-refractivity contribution in [1.29, 1.82) is 0 Å². The first-order valence-corrected chi connectivity index (χ1v) is 9.29. The molecule has 29 heavy (non-hydrogen) atoms. The van der Waals surface area contributed by atoms with Crippen LogP contribution in [0, 0.1) is 17.0 Å². The maximum atomic E-state index is 12.1. The number of ether oxygens (including phenoxy) is 1. The number of carbonyl (C=O) groups is 2. The van der Waals surface area contributed by atoms with E-state index in [1.165, 1.54) is 29.5 Å². The Balaban J connectivity index is 1.52. The molecule has 10 heteroatoms. The second-order valence-corrected chi connectivity index (χ2v) is 6.81. The molecule has 3 rings (SSSR count). The van der Waals surface area contributed by atoms with Crippen molar-refractivity contribution in [2.45, 2.75) is 6.92 Å². The number of nitro groups is 1. The maximum Gasteiger partial charge on any atom is 0.272 e. The van der Waals surface area contributed by atoms with Crippen LogP contribution < -0.4 is 15.4 Å². The predicted molar refractivity (Wildman–Crippen MR) is 108 cm³/mol. The smallest absolute Gasteiger partial charge is 0.272 e. The van der Waals surface area contributed by atoms with E-state index in [1.54, 1.807) is 42.8 Å². The zero-order chi connectivity index (χ0) is 20.8. The van der Waals surface area contributed by atoms with Crippen LogP contribution in [-0.4, -0.2) is 28.3 Å². The Labute approximate surface area is 169 Å². The van der Waals surface area contributed by atoms with Crippen LogP contribution in [0.25, 0.3) is 0 Å². The van der Waals surface area contributed by atoms with Crippen LogP contribution in [0.15, 0.2) is 54.0 Å². The van der Waals surface area contributed by atoms with Crippen molar-refractivity contribution in [3.63, 3.8) is 0 Å². The molecule has 1 aromatic heterocycles. The van der Waals surface area contributed by atoms with E-state index in [2.05, 4.69) is 15.6 Å². The van der Waals surface area contributed by atoms with E-state index in [4.69, 9.17) is 4.74 Å². The molecule has 0 fully saturated rings. The van der Waals surface area contributed by atoms with Gasteiger partial charge in [-0.05, 0) is 43.3 Å². The molecule has 0 unspecified atom stereocenters. The second-order valence-electron chi connectivity index (χ2n) is 5.91. The number of carbonyl (C=O) groups excluding carboxylic acids is 2. The summed E-state index contributed by atoms with van der Waals surface area (Å²) in [7, 11) is 0. The quantitative estimate of drug-likeness (QED) is 0.451. The molecule has 0 radical (unpaired) electrons. The van der Waals surface area contributed by atoms with Crippen LogP contribution >= 0.6 is 11.3 Å². The minimum Gasteiger partial charge on any atom is -0.484 e. The van der Waals surface area contributed by atoms with Gasteiger partial charge in [0.15, 0.2) is 11.7 Å². The number of nitrogens with zero attached hydrogens (tertiary/aromatic N) is 2. The lowest BCUT2D eigenvalue weighted by Gasteiger charge is -2.09. The molecule has 0 atom stereocenters. The normalized spacial score (nSPS) is 10.2. The van der Waals surface area contributed by atoms with E-state index in [9.17, 15) is 19.7 Å². The summed E-state index contributed by atoms with van der Waals surface area (Å²) in [5, 5.41) is 18.4. The number of amides is 2. The Hall–Kier alpha value is -3.79. The number of hydrogen-bond donors (Lipinski definition) is 2. The molecule has 0 aliphatic carbocycles.